The van der Waals surface area contributed by atoms with Crippen LogP contribution in [0.3, 0.4) is 0 Å². The summed E-state index contributed by atoms with van der Waals surface area (Å²) in [5.74, 6) is -1.69. The number of benzene rings is 1. The molecule has 0 bridgehead atoms. The van der Waals surface area contributed by atoms with Gasteiger partial charge >= 0.3 is 5.97 Å². The topological polar surface area (TPSA) is 90.0 Å². The van der Waals surface area contributed by atoms with Crippen LogP contribution >= 0.6 is 0 Å². The average molecular weight is 413 g/mol. The maximum absolute atomic E-state index is 13.7. The molecule has 2 atom stereocenters. The zero-order chi connectivity index (χ0) is 20.9. The molecule has 0 aromatic heterocycles. The second-order valence-corrected chi connectivity index (χ2v) is 8.72. The fraction of sp³-hybridized carbons (Fsp3) is 0.474. The van der Waals surface area contributed by atoms with Gasteiger partial charge in [-0.15, -0.1) is 0 Å². The van der Waals surface area contributed by atoms with Gasteiger partial charge in [-0.05, 0) is 44.0 Å². The Morgan fingerprint density at radius 3 is 2.64 bits per heavy atom. The number of carbonyl (C=O) groups is 2. The van der Waals surface area contributed by atoms with Gasteiger partial charge in [0.2, 0.25) is 0 Å². The van der Waals surface area contributed by atoms with E-state index < -0.39 is 39.7 Å². The van der Waals surface area contributed by atoms with Gasteiger partial charge in [0.05, 0.1) is 18.6 Å². The normalized spacial score (nSPS) is 19.4. The van der Waals surface area contributed by atoms with E-state index >= 15 is 0 Å². The molecule has 7 nitrogen and oxygen atoms in total. The van der Waals surface area contributed by atoms with Crippen molar-refractivity contribution in [1.82, 2.24) is 4.90 Å². The Kier molecular flexibility index (Phi) is 7.17. The van der Waals surface area contributed by atoms with Gasteiger partial charge in [0.25, 0.3) is 5.91 Å². The monoisotopic (exact) mass is 413 g/mol. The largest absolute Gasteiger partial charge is 0.494 e. The molecule has 1 amide bonds. The minimum absolute atomic E-state index is 0.0524. The summed E-state index contributed by atoms with van der Waals surface area (Å²) < 4.78 is 46.9. The summed E-state index contributed by atoms with van der Waals surface area (Å²) in [6.07, 6.45) is 1.78. The van der Waals surface area contributed by atoms with E-state index in [1.807, 2.05) is 0 Å². The third-order valence-corrected chi connectivity index (χ3v) is 6.25. The van der Waals surface area contributed by atoms with E-state index in [0.717, 1.165) is 6.08 Å². The third kappa shape index (κ3) is 5.54. The van der Waals surface area contributed by atoms with Gasteiger partial charge in [0.15, 0.2) is 27.5 Å². The third-order valence-electron chi connectivity index (χ3n) is 4.50. The molecule has 9 heteroatoms. The Balaban J connectivity index is 1.96. The van der Waals surface area contributed by atoms with Gasteiger partial charge in [0.1, 0.15) is 0 Å². The molecule has 154 valence electrons. The number of hydrogen-bond donors (Lipinski definition) is 0. The van der Waals surface area contributed by atoms with Crippen molar-refractivity contribution in [1.29, 1.82) is 0 Å². The van der Waals surface area contributed by atoms with E-state index in [1.54, 1.807) is 13.0 Å². The van der Waals surface area contributed by atoms with Gasteiger partial charge in [-0.2, -0.15) is 0 Å². The van der Waals surface area contributed by atoms with E-state index in [2.05, 4.69) is 0 Å². The van der Waals surface area contributed by atoms with Crippen LogP contribution in [0.5, 0.6) is 5.75 Å². The molecule has 0 spiro atoms. The molecule has 1 aliphatic heterocycles. The number of rotatable bonds is 7. The maximum Gasteiger partial charge on any atom is 0.331 e. The summed E-state index contributed by atoms with van der Waals surface area (Å²) >= 11 is 0. The fourth-order valence-corrected chi connectivity index (χ4v) is 4.79. The van der Waals surface area contributed by atoms with Crippen LogP contribution in [-0.2, 0) is 24.2 Å². The molecule has 0 aliphatic carbocycles. The van der Waals surface area contributed by atoms with E-state index in [-0.39, 0.29) is 17.3 Å². The van der Waals surface area contributed by atoms with Gasteiger partial charge in [-0.1, -0.05) is 6.07 Å². The fourth-order valence-electron chi connectivity index (χ4n) is 3.06. The van der Waals surface area contributed by atoms with Crippen LogP contribution in [-0.4, -0.2) is 62.5 Å². The highest BCUT2D eigenvalue weighted by molar-refractivity contribution is 7.91. The van der Waals surface area contributed by atoms with Crippen molar-refractivity contribution in [2.45, 2.75) is 32.4 Å². The molecular weight excluding hydrogens is 389 g/mol. The Labute approximate surface area is 164 Å². The first kappa shape index (κ1) is 21.9. The first-order chi connectivity index (χ1) is 13.2. The van der Waals surface area contributed by atoms with Crippen LogP contribution in [0.1, 0.15) is 25.8 Å². The average Bonchev–Trinajstić information content (AvgIpc) is 3.00. The van der Waals surface area contributed by atoms with Crippen molar-refractivity contribution < 1.29 is 31.9 Å². The Hall–Kier alpha value is -2.42. The Bertz CT molecular complexity index is 867. The number of esters is 1. The number of amides is 1. The summed E-state index contributed by atoms with van der Waals surface area (Å²) in [7, 11) is -1.78. The molecule has 1 heterocycles. The second kappa shape index (κ2) is 9.18. The lowest BCUT2D eigenvalue weighted by molar-refractivity contribution is -0.156. The Morgan fingerprint density at radius 2 is 2.11 bits per heavy atom. The molecule has 0 N–H and O–H groups in total. The van der Waals surface area contributed by atoms with Gasteiger partial charge in [-0.3, -0.25) is 4.79 Å². The van der Waals surface area contributed by atoms with Gasteiger partial charge < -0.3 is 14.4 Å². The minimum atomic E-state index is -3.13. The van der Waals surface area contributed by atoms with E-state index in [0.29, 0.717) is 18.5 Å². The van der Waals surface area contributed by atoms with Crippen molar-refractivity contribution in [2.75, 3.05) is 25.2 Å². The van der Waals surface area contributed by atoms with Crippen molar-refractivity contribution in [3.8, 4) is 5.75 Å². The Morgan fingerprint density at radius 1 is 1.39 bits per heavy atom. The second-order valence-electron chi connectivity index (χ2n) is 6.49. The molecule has 1 aromatic carbocycles. The van der Waals surface area contributed by atoms with E-state index in [1.165, 1.54) is 37.1 Å². The van der Waals surface area contributed by atoms with Crippen LogP contribution in [0, 0.1) is 5.82 Å². The summed E-state index contributed by atoms with van der Waals surface area (Å²) in [6, 6.07) is 3.80. The molecule has 0 saturated carbocycles. The molecule has 0 radical (unpaired) electrons. The number of likely N-dealkylation sites (N-methyl/N-ethyl adjacent to an activating group) is 1. The van der Waals surface area contributed by atoms with Crippen LogP contribution in [0.4, 0.5) is 4.39 Å². The number of methoxy groups -OCH3 is 1. The maximum atomic E-state index is 13.7. The molecule has 1 saturated heterocycles. The van der Waals surface area contributed by atoms with Gasteiger partial charge in [-0.25, -0.2) is 17.6 Å². The number of hydrogen-bond acceptors (Lipinski definition) is 6. The van der Waals surface area contributed by atoms with E-state index in [4.69, 9.17) is 9.47 Å². The molecule has 1 aliphatic rings. The highest BCUT2D eigenvalue weighted by Crippen LogP contribution is 2.20. The lowest BCUT2D eigenvalue weighted by Gasteiger charge is -2.29. The standard InChI is InChI=1S/C19H24FNO6S/c1-4-21(15-9-10-28(24,25)12-15)19(23)13(2)27-18(22)8-6-14-5-7-17(26-3)16(20)11-14/h5-8,11,13,15H,4,9-10,12H2,1-3H3/b8-6+/t13-,15-/m1/s1. The zero-order valence-corrected chi connectivity index (χ0v) is 16.9. The van der Waals surface area contributed by atoms with Crippen LogP contribution in [0.15, 0.2) is 24.3 Å². The summed E-state index contributed by atoms with van der Waals surface area (Å²) in [6.45, 7) is 3.50. The molecular formula is C19H24FNO6S. The first-order valence-corrected chi connectivity index (χ1v) is 10.7. The highest BCUT2D eigenvalue weighted by atomic mass is 32.2. The molecule has 0 unspecified atom stereocenters. The van der Waals surface area contributed by atoms with Crippen LogP contribution in [0.25, 0.3) is 6.08 Å². The van der Waals surface area contributed by atoms with Crippen molar-refractivity contribution >= 4 is 27.8 Å². The predicted octanol–water partition coefficient (Wildman–Crippen LogP) is 1.81. The molecule has 28 heavy (non-hydrogen) atoms. The molecule has 2 rings (SSSR count). The molecule has 1 aromatic rings. The SMILES string of the molecule is CCN(C(=O)[C@@H](C)OC(=O)/C=C/c1ccc(OC)c(F)c1)[C@@H]1CCS(=O)(=O)C1. The van der Waals surface area contributed by atoms with Crippen molar-refractivity contribution in [3.63, 3.8) is 0 Å². The van der Waals surface area contributed by atoms with Crippen molar-refractivity contribution in [3.05, 3.63) is 35.7 Å². The summed E-state index contributed by atoms with van der Waals surface area (Å²) in [5, 5.41) is 0. The first-order valence-electron chi connectivity index (χ1n) is 8.90. The lowest BCUT2D eigenvalue weighted by Crippen LogP contribution is -2.46. The van der Waals surface area contributed by atoms with Crippen molar-refractivity contribution in [2.24, 2.45) is 0 Å². The number of halogens is 1. The highest BCUT2D eigenvalue weighted by Gasteiger charge is 2.36. The van der Waals surface area contributed by atoms with Gasteiger partial charge in [0, 0.05) is 18.7 Å². The van der Waals surface area contributed by atoms with Crippen LogP contribution in [0.2, 0.25) is 0 Å². The summed E-state index contributed by atoms with van der Waals surface area (Å²) in [4.78, 5) is 26.0. The number of ether oxygens (including phenoxy) is 2. The minimum Gasteiger partial charge on any atom is -0.494 e. The lowest BCUT2D eigenvalue weighted by atomic mass is 10.2. The smallest absolute Gasteiger partial charge is 0.331 e. The zero-order valence-electron chi connectivity index (χ0n) is 16.1. The predicted molar refractivity (Wildman–Crippen MR) is 102 cm³/mol. The summed E-state index contributed by atoms with van der Waals surface area (Å²) in [5.41, 5.74) is 0.431. The molecule has 1 fully saturated rings. The number of sulfone groups is 1. The quantitative estimate of drug-likeness (QED) is 0.500. The number of carbonyl (C=O) groups excluding carboxylic acids is 2. The van der Waals surface area contributed by atoms with Crippen LogP contribution < -0.4 is 4.74 Å². The van der Waals surface area contributed by atoms with E-state index in [9.17, 15) is 22.4 Å². The number of nitrogens with zero attached hydrogens (tertiary/aromatic N) is 1.